The number of nitrogens with one attached hydrogen (secondary N) is 2. The van der Waals surface area contributed by atoms with Crippen LogP contribution >= 0.6 is 11.6 Å². The molecule has 0 aliphatic rings. The van der Waals surface area contributed by atoms with Gasteiger partial charge in [-0.05, 0) is 38.1 Å². The van der Waals surface area contributed by atoms with Gasteiger partial charge in [-0.1, -0.05) is 11.6 Å². The topological polar surface area (TPSA) is 70.6 Å². The molecule has 0 radical (unpaired) electrons. The van der Waals surface area contributed by atoms with Gasteiger partial charge in [0.15, 0.2) is 0 Å². The van der Waals surface area contributed by atoms with Crippen molar-refractivity contribution in [2.24, 2.45) is 5.10 Å². The van der Waals surface area contributed by atoms with Gasteiger partial charge in [0.1, 0.15) is 0 Å². The first-order chi connectivity index (χ1) is 7.99. The number of amides is 2. The Balaban J connectivity index is 2.57. The summed E-state index contributed by atoms with van der Waals surface area (Å²) >= 11 is 5.69. The van der Waals surface area contributed by atoms with Crippen LogP contribution in [0.4, 0.5) is 5.69 Å². The Morgan fingerprint density at radius 3 is 2.24 bits per heavy atom. The number of hydrazone groups is 1. The SMILES string of the molecule is CC(C)=NNC(=O)C(=O)Nc1ccc(Cl)cc1. The second-order valence-electron chi connectivity index (χ2n) is 3.46. The molecule has 0 saturated carbocycles. The Morgan fingerprint density at radius 2 is 1.71 bits per heavy atom. The van der Waals surface area contributed by atoms with Gasteiger partial charge in [0.05, 0.1) is 0 Å². The van der Waals surface area contributed by atoms with Gasteiger partial charge in [-0.3, -0.25) is 9.59 Å². The third kappa shape index (κ3) is 4.65. The quantitative estimate of drug-likeness (QED) is 0.479. The number of nitrogens with zero attached hydrogens (tertiary/aromatic N) is 1. The van der Waals surface area contributed by atoms with E-state index < -0.39 is 11.8 Å². The van der Waals surface area contributed by atoms with E-state index in [0.29, 0.717) is 16.4 Å². The predicted molar refractivity (Wildman–Crippen MR) is 67.0 cm³/mol. The van der Waals surface area contributed by atoms with Crippen LogP contribution in [-0.4, -0.2) is 17.5 Å². The molecule has 1 rings (SSSR count). The fourth-order valence-corrected chi connectivity index (χ4v) is 1.06. The number of carbonyl (C=O) groups excluding carboxylic acids is 2. The summed E-state index contributed by atoms with van der Waals surface area (Å²) in [5.74, 6) is -1.60. The summed E-state index contributed by atoms with van der Waals surface area (Å²) in [6.07, 6.45) is 0. The largest absolute Gasteiger partial charge is 0.329 e. The fourth-order valence-electron chi connectivity index (χ4n) is 0.934. The van der Waals surface area contributed by atoms with Gasteiger partial charge < -0.3 is 5.32 Å². The molecule has 0 saturated heterocycles. The summed E-state index contributed by atoms with van der Waals surface area (Å²) in [4.78, 5) is 22.6. The first-order valence-electron chi connectivity index (χ1n) is 4.87. The zero-order valence-corrected chi connectivity index (χ0v) is 10.2. The molecule has 17 heavy (non-hydrogen) atoms. The zero-order valence-electron chi connectivity index (χ0n) is 9.45. The molecule has 0 aliphatic carbocycles. The molecule has 0 atom stereocenters. The lowest BCUT2D eigenvalue weighted by Crippen LogP contribution is -2.32. The Hall–Kier alpha value is -1.88. The maximum Gasteiger partial charge on any atom is 0.329 e. The highest BCUT2D eigenvalue weighted by atomic mass is 35.5. The predicted octanol–water partition coefficient (Wildman–Crippen LogP) is 1.79. The number of anilines is 1. The van der Waals surface area contributed by atoms with Gasteiger partial charge >= 0.3 is 11.8 Å². The van der Waals surface area contributed by atoms with Crippen molar-refractivity contribution >= 4 is 34.8 Å². The fraction of sp³-hybridized carbons (Fsp3) is 0.182. The summed E-state index contributed by atoms with van der Waals surface area (Å²) in [7, 11) is 0. The van der Waals surface area contributed by atoms with Crippen LogP contribution in [0, 0.1) is 0 Å². The molecular formula is C11H12ClN3O2. The van der Waals surface area contributed by atoms with Crippen molar-refractivity contribution in [3.8, 4) is 0 Å². The molecule has 2 N–H and O–H groups in total. The van der Waals surface area contributed by atoms with E-state index in [1.807, 2.05) is 0 Å². The molecule has 0 unspecified atom stereocenters. The van der Waals surface area contributed by atoms with Crippen molar-refractivity contribution in [1.29, 1.82) is 0 Å². The molecule has 0 aliphatic heterocycles. The van der Waals surface area contributed by atoms with E-state index in [2.05, 4.69) is 15.8 Å². The number of carbonyl (C=O) groups is 2. The van der Waals surface area contributed by atoms with E-state index >= 15 is 0 Å². The number of benzene rings is 1. The van der Waals surface area contributed by atoms with Gasteiger partial charge in [-0.25, -0.2) is 5.43 Å². The third-order valence-corrected chi connectivity index (χ3v) is 1.94. The van der Waals surface area contributed by atoms with Crippen LogP contribution in [0.5, 0.6) is 0 Å². The van der Waals surface area contributed by atoms with Crippen LogP contribution in [-0.2, 0) is 9.59 Å². The molecule has 0 heterocycles. The second-order valence-corrected chi connectivity index (χ2v) is 3.90. The summed E-state index contributed by atoms with van der Waals surface area (Å²) in [5, 5.41) is 6.60. The number of hydrogen-bond donors (Lipinski definition) is 2. The van der Waals surface area contributed by atoms with Gasteiger partial charge in [0.2, 0.25) is 0 Å². The molecular weight excluding hydrogens is 242 g/mol. The first-order valence-corrected chi connectivity index (χ1v) is 5.24. The highest BCUT2D eigenvalue weighted by molar-refractivity contribution is 6.39. The van der Waals surface area contributed by atoms with E-state index in [1.54, 1.807) is 38.1 Å². The van der Waals surface area contributed by atoms with Crippen molar-refractivity contribution in [1.82, 2.24) is 5.43 Å². The Kier molecular flexibility index (Phi) is 4.66. The molecule has 0 bridgehead atoms. The minimum absolute atomic E-state index is 0.492. The maximum atomic E-state index is 11.4. The Labute approximate surface area is 104 Å². The molecule has 6 heteroatoms. The molecule has 1 aromatic carbocycles. The van der Waals surface area contributed by atoms with E-state index in [0.717, 1.165) is 0 Å². The normalized spacial score (nSPS) is 9.35. The summed E-state index contributed by atoms with van der Waals surface area (Å²) in [5.41, 5.74) is 3.27. The monoisotopic (exact) mass is 253 g/mol. The third-order valence-electron chi connectivity index (χ3n) is 1.69. The average molecular weight is 254 g/mol. The standard InChI is InChI=1S/C11H12ClN3O2/c1-7(2)14-15-11(17)10(16)13-9-5-3-8(12)4-6-9/h3-6H,1-2H3,(H,13,16)(H,15,17). The second kappa shape index (κ2) is 6.00. The maximum absolute atomic E-state index is 11.4. The highest BCUT2D eigenvalue weighted by Gasteiger charge is 2.12. The summed E-state index contributed by atoms with van der Waals surface area (Å²) in [6, 6.07) is 6.43. The molecule has 5 nitrogen and oxygen atoms in total. The van der Waals surface area contributed by atoms with Crippen molar-refractivity contribution in [3.05, 3.63) is 29.3 Å². The Morgan fingerprint density at radius 1 is 1.12 bits per heavy atom. The van der Waals surface area contributed by atoms with Crippen LogP contribution in [0.2, 0.25) is 5.02 Å². The zero-order chi connectivity index (χ0) is 12.8. The van der Waals surface area contributed by atoms with Crippen molar-refractivity contribution < 1.29 is 9.59 Å². The van der Waals surface area contributed by atoms with Crippen LogP contribution in [0.3, 0.4) is 0 Å². The minimum atomic E-state index is -0.818. The average Bonchev–Trinajstić information content (AvgIpc) is 2.28. The Bertz CT molecular complexity index is 450. The van der Waals surface area contributed by atoms with E-state index in [4.69, 9.17) is 11.6 Å². The molecule has 90 valence electrons. The molecule has 1 aromatic rings. The molecule has 0 spiro atoms. The van der Waals surface area contributed by atoms with Gasteiger partial charge in [-0.15, -0.1) is 0 Å². The molecule has 2 amide bonds. The van der Waals surface area contributed by atoms with Crippen molar-refractivity contribution in [3.63, 3.8) is 0 Å². The minimum Gasteiger partial charge on any atom is -0.318 e. The van der Waals surface area contributed by atoms with Crippen LogP contribution in [0.25, 0.3) is 0 Å². The van der Waals surface area contributed by atoms with Crippen LogP contribution in [0.1, 0.15) is 13.8 Å². The van der Waals surface area contributed by atoms with E-state index in [9.17, 15) is 9.59 Å². The van der Waals surface area contributed by atoms with E-state index in [-0.39, 0.29) is 0 Å². The van der Waals surface area contributed by atoms with Gasteiger partial charge in [-0.2, -0.15) is 5.10 Å². The summed E-state index contributed by atoms with van der Waals surface area (Å²) < 4.78 is 0. The lowest BCUT2D eigenvalue weighted by molar-refractivity contribution is -0.136. The smallest absolute Gasteiger partial charge is 0.318 e. The van der Waals surface area contributed by atoms with Crippen LogP contribution < -0.4 is 10.7 Å². The first kappa shape index (κ1) is 13.2. The van der Waals surface area contributed by atoms with Crippen molar-refractivity contribution in [2.45, 2.75) is 13.8 Å². The van der Waals surface area contributed by atoms with Crippen LogP contribution in [0.15, 0.2) is 29.4 Å². The van der Waals surface area contributed by atoms with E-state index in [1.165, 1.54) is 0 Å². The molecule has 0 fully saturated rings. The lowest BCUT2D eigenvalue weighted by Gasteiger charge is -2.03. The number of halogens is 1. The van der Waals surface area contributed by atoms with Gasteiger partial charge in [0, 0.05) is 16.4 Å². The summed E-state index contributed by atoms with van der Waals surface area (Å²) in [6.45, 7) is 3.41. The lowest BCUT2D eigenvalue weighted by atomic mass is 10.3. The number of rotatable bonds is 2. The highest BCUT2D eigenvalue weighted by Crippen LogP contribution is 2.12. The molecule has 0 aromatic heterocycles. The van der Waals surface area contributed by atoms with Crippen molar-refractivity contribution in [2.75, 3.05) is 5.32 Å². The number of hydrogen-bond acceptors (Lipinski definition) is 3. The van der Waals surface area contributed by atoms with Gasteiger partial charge in [0.25, 0.3) is 0 Å².